The SMILES string of the molecule is CC(N)CC(=O)N(C)CCC1CCN(C)C1. The number of hydrogen-bond donors (Lipinski definition) is 1. The predicted octanol–water partition coefficient (Wildman–Crippen LogP) is 0.524. The van der Waals surface area contributed by atoms with Gasteiger partial charge in [0.05, 0.1) is 0 Å². The summed E-state index contributed by atoms with van der Waals surface area (Å²) in [5.41, 5.74) is 5.61. The topological polar surface area (TPSA) is 49.6 Å². The second-order valence-corrected chi connectivity index (χ2v) is 5.20. The van der Waals surface area contributed by atoms with Gasteiger partial charge < -0.3 is 15.5 Å². The van der Waals surface area contributed by atoms with E-state index in [9.17, 15) is 4.79 Å². The van der Waals surface area contributed by atoms with Gasteiger partial charge in [0.2, 0.25) is 5.91 Å². The number of nitrogens with two attached hydrogens (primary N) is 1. The lowest BCUT2D eigenvalue weighted by Gasteiger charge is -2.20. The van der Waals surface area contributed by atoms with Crippen molar-refractivity contribution in [3.63, 3.8) is 0 Å². The molecule has 0 aromatic heterocycles. The predicted molar refractivity (Wildman–Crippen MR) is 66.1 cm³/mol. The molecule has 2 N–H and O–H groups in total. The Morgan fingerprint density at radius 2 is 2.31 bits per heavy atom. The van der Waals surface area contributed by atoms with Gasteiger partial charge in [-0.15, -0.1) is 0 Å². The number of carbonyl (C=O) groups is 1. The Bertz CT molecular complexity index is 230. The first-order valence-corrected chi connectivity index (χ1v) is 6.17. The zero-order chi connectivity index (χ0) is 12.1. The molecule has 0 spiro atoms. The van der Waals surface area contributed by atoms with E-state index in [-0.39, 0.29) is 11.9 Å². The molecule has 0 saturated carbocycles. The standard InChI is InChI=1S/C12H25N3O/c1-10(13)8-12(16)15(3)7-5-11-4-6-14(2)9-11/h10-11H,4-9,13H2,1-3H3. The smallest absolute Gasteiger partial charge is 0.223 e. The van der Waals surface area contributed by atoms with E-state index < -0.39 is 0 Å². The summed E-state index contributed by atoms with van der Waals surface area (Å²) in [4.78, 5) is 15.8. The molecule has 0 aliphatic carbocycles. The minimum absolute atomic E-state index is 0.0347. The van der Waals surface area contributed by atoms with Crippen LogP contribution in [0.15, 0.2) is 0 Å². The molecule has 2 atom stereocenters. The van der Waals surface area contributed by atoms with E-state index in [0.717, 1.165) is 18.9 Å². The highest BCUT2D eigenvalue weighted by molar-refractivity contribution is 5.76. The summed E-state index contributed by atoms with van der Waals surface area (Å²) < 4.78 is 0. The maximum absolute atomic E-state index is 11.7. The summed E-state index contributed by atoms with van der Waals surface area (Å²) in [6.45, 7) is 5.11. The maximum atomic E-state index is 11.7. The van der Waals surface area contributed by atoms with Crippen molar-refractivity contribution in [3.8, 4) is 0 Å². The van der Waals surface area contributed by atoms with Crippen molar-refractivity contribution in [2.75, 3.05) is 33.7 Å². The number of carbonyl (C=O) groups excluding carboxylic acids is 1. The van der Waals surface area contributed by atoms with Gasteiger partial charge in [0.1, 0.15) is 0 Å². The van der Waals surface area contributed by atoms with Crippen LogP contribution in [0.4, 0.5) is 0 Å². The molecule has 0 aromatic rings. The van der Waals surface area contributed by atoms with Gasteiger partial charge in [0, 0.05) is 32.6 Å². The highest BCUT2D eigenvalue weighted by Gasteiger charge is 2.20. The van der Waals surface area contributed by atoms with Crippen LogP contribution in [0.1, 0.15) is 26.2 Å². The van der Waals surface area contributed by atoms with Crippen LogP contribution in [0.25, 0.3) is 0 Å². The van der Waals surface area contributed by atoms with Gasteiger partial charge in [-0.2, -0.15) is 0 Å². The van der Waals surface area contributed by atoms with Crippen LogP contribution in [0.2, 0.25) is 0 Å². The third kappa shape index (κ3) is 4.49. The van der Waals surface area contributed by atoms with E-state index in [1.165, 1.54) is 19.5 Å². The summed E-state index contributed by atoms with van der Waals surface area (Å²) in [5, 5.41) is 0. The zero-order valence-electron chi connectivity index (χ0n) is 10.8. The largest absolute Gasteiger partial charge is 0.346 e. The van der Waals surface area contributed by atoms with Crippen LogP contribution in [0.5, 0.6) is 0 Å². The lowest BCUT2D eigenvalue weighted by Crippen LogP contribution is -2.33. The molecule has 1 heterocycles. The highest BCUT2D eigenvalue weighted by Crippen LogP contribution is 2.18. The van der Waals surface area contributed by atoms with E-state index in [2.05, 4.69) is 11.9 Å². The third-order valence-corrected chi connectivity index (χ3v) is 3.28. The average molecular weight is 227 g/mol. The fraction of sp³-hybridized carbons (Fsp3) is 0.917. The van der Waals surface area contributed by atoms with Crippen LogP contribution in [0.3, 0.4) is 0 Å². The normalized spacial score (nSPS) is 23.4. The highest BCUT2D eigenvalue weighted by atomic mass is 16.2. The van der Waals surface area contributed by atoms with Crippen LogP contribution < -0.4 is 5.73 Å². The van der Waals surface area contributed by atoms with Crippen molar-refractivity contribution < 1.29 is 4.79 Å². The number of rotatable bonds is 5. The maximum Gasteiger partial charge on any atom is 0.223 e. The molecule has 0 aromatic carbocycles. The van der Waals surface area contributed by atoms with Gasteiger partial charge in [-0.1, -0.05) is 0 Å². The average Bonchev–Trinajstić information content (AvgIpc) is 2.59. The Hall–Kier alpha value is -0.610. The lowest BCUT2D eigenvalue weighted by atomic mass is 10.0. The van der Waals surface area contributed by atoms with E-state index in [4.69, 9.17) is 5.73 Å². The Morgan fingerprint density at radius 1 is 1.62 bits per heavy atom. The molecule has 2 unspecified atom stereocenters. The van der Waals surface area contributed by atoms with Gasteiger partial charge in [-0.05, 0) is 39.3 Å². The molecule has 4 nitrogen and oxygen atoms in total. The van der Waals surface area contributed by atoms with Gasteiger partial charge in [0.25, 0.3) is 0 Å². The van der Waals surface area contributed by atoms with Gasteiger partial charge in [0.15, 0.2) is 0 Å². The number of likely N-dealkylation sites (tertiary alicyclic amines) is 1. The van der Waals surface area contributed by atoms with E-state index in [0.29, 0.717) is 6.42 Å². The molecule has 1 amide bonds. The third-order valence-electron chi connectivity index (χ3n) is 3.28. The van der Waals surface area contributed by atoms with Crippen molar-refractivity contribution in [3.05, 3.63) is 0 Å². The molecule has 1 fully saturated rings. The molecular formula is C12H25N3O. The molecule has 1 aliphatic heterocycles. The summed E-state index contributed by atoms with van der Waals surface area (Å²) >= 11 is 0. The van der Waals surface area contributed by atoms with Crippen LogP contribution in [-0.2, 0) is 4.79 Å². The van der Waals surface area contributed by atoms with Crippen LogP contribution >= 0.6 is 0 Å². The van der Waals surface area contributed by atoms with E-state index in [1.807, 2.05) is 18.9 Å². The molecular weight excluding hydrogens is 202 g/mol. The molecule has 4 heteroatoms. The zero-order valence-corrected chi connectivity index (χ0v) is 10.8. The minimum Gasteiger partial charge on any atom is -0.346 e. The number of hydrogen-bond acceptors (Lipinski definition) is 3. The van der Waals surface area contributed by atoms with Crippen molar-refractivity contribution in [2.45, 2.75) is 32.2 Å². The minimum atomic E-state index is -0.0347. The van der Waals surface area contributed by atoms with Gasteiger partial charge in [-0.25, -0.2) is 0 Å². The number of amides is 1. The van der Waals surface area contributed by atoms with Crippen LogP contribution in [-0.4, -0.2) is 55.5 Å². The summed E-state index contributed by atoms with van der Waals surface area (Å²) in [7, 11) is 4.04. The first kappa shape index (κ1) is 13.5. The van der Waals surface area contributed by atoms with Crippen LogP contribution in [0, 0.1) is 5.92 Å². The fourth-order valence-electron chi connectivity index (χ4n) is 2.19. The number of nitrogens with zero attached hydrogens (tertiary/aromatic N) is 2. The molecule has 1 saturated heterocycles. The summed E-state index contributed by atoms with van der Waals surface area (Å²) in [6, 6.07) is -0.0347. The fourth-order valence-corrected chi connectivity index (χ4v) is 2.19. The van der Waals surface area contributed by atoms with Crippen molar-refractivity contribution in [1.29, 1.82) is 0 Å². The molecule has 1 rings (SSSR count). The lowest BCUT2D eigenvalue weighted by molar-refractivity contribution is -0.130. The monoisotopic (exact) mass is 227 g/mol. The first-order valence-electron chi connectivity index (χ1n) is 6.17. The second kappa shape index (κ2) is 6.21. The van der Waals surface area contributed by atoms with E-state index >= 15 is 0 Å². The molecule has 94 valence electrons. The van der Waals surface area contributed by atoms with Crippen molar-refractivity contribution in [1.82, 2.24) is 9.80 Å². The molecule has 0 bridgehead atoms. The van der Waals surface area contributed by atoms with E-state index in [1.54, 1.807) is 0 Å². The second-order valence-electron chi connectivity index (χ2n) is 5.20. The molecule has 0 radical (unpaired) electrons. The summed E-state index contributed by atoms with van der Waals surface area (Å²) in [5.74, 6) is 0.928. The quantitative estimate of drug-likeness (QED) is 0.745. The Kier molecular flexibility index (Phi) is 5.22. The molecule has 16 heavy (non-hydrogen) atoms. The molecule has 1 aliphatic rings. The van der Waals surface area contributed by atoms with Crippen molar-refractivity contribution >= 4 is 5.91 Å². The Balaban J connectivity index is 2.19. The Morgan fingerprint density at radius 3 is 2.81 bits per heavy atom. The van der Waals surface area contributed by atoms with Gasteiger partial charge in [-0.3, -0.25) is 4.79 Å². The Labute approximate surface area is 98.8 Å². The van der Waals surface area contributed by atoms with Crippen molar-refractivity contribution in [2.24, 2.45) is 11.7 Å². The summed E-state index contributed by atoms with van der Waals surface area (Å²) in [6.07, 6.45) is 2.85. The first-order chi connectivity index (χ1) is 7.49. The van der Waals surface area contributed by atoms with Gasteiger partial charge >= 0.3 is 0 Å².